The van der Waals surface area contributed by atoms with E-state index in [9.17, 15) is 4.79 Å². The van der Waals surface area contributed by atoms with Gasteiger partial charge in [0.25, 0.3) is 0 Å². The smallest absolute Gasteiger partial charge is 0.335 e. The molecule has 0 bridgehead atoms. The van der Waals surface area contributed by atoms with E-state index in [4.69, 9.17) is 5.11 Å². The van der Waals surface area contributed by atoms with Crippen molar-refractivity contribution in [1.29, 1.82) is 0 Å². The molecule has 0 aliphatic rings. The third-order valence-corrected chi connectivity index (χ3v) is 2.92. The molecule has 0 heterocycles. The van der Waals surface area contributed by atoms with Crippen molar-refractivity contribution >= 4 is 21.9 Å². The zero-order chi connectivity index (χ0) is 11.6. The summed E-state index contributed by atoms with van der Waals surface area (Å²) in [4.78, 5) is 11.1. The van der Waals surface area contributed by atoms with Gasteiger partial charge in [-0.15, -0.1) is 0 Å². The van der Waals surface area contributed by atoms with Crippen LogP contribution in [0.4, 0.5) is 0 Å². The van der Waals surface area contributed by atoms with Crippen LogP contribution in [0.5, 0.6) is 0 Å². The van der Waals surface area contributed by atoms with Crippen molar-refractivity contribution in [3.8, 4) is 0 Å². The van der Waals surface area contributed by atoms with Gasteiger partial charge in [-0.05, 0) is 22.6 Å². The van der Waals surface area contributed by atoms with Gasteiger partial charge >= 0.3 is 5.97 Å². The fourth-order valence-corrected chi connectivity index (χ4v) is 1.83. The molecule has 1 aromatic rings. The molecule has 0 aliphatic carbocycles. The molecule has 1 rings (SSSR count). The van der Waals surface area contributed by atoms with Crippen LogP contribution in [0, 0.1) is 0 Å². The predicted octanol–water partition coefficient (Wildman–Crippen LogP) is 3.58. The van der Waals surface area contributed by atoms with Crippen LogP contribution in [0.15, 0.2) is 18.2 Å². The number of aromatic carboxylic acids is 1. The van der Waals surface area contributed by atoms with Crippen LogP contribution in [-0.2, 0) is 10.7 Å². The van der Waals surface area contributed by atoms with Gasteiger partial charge in [-0.3, -0.25) is 0 Å². The number of rotatable bonds is 2. The number of hydrogen-bond donors (Lipinski definition) is 1. The van der Waals surface area contributed by atoms with E-state index in [0.717, 1.165) is 16.5 Å². The summed E-state index contributed by atoms with van der Waals surface area (Å²) in [7, 11) is 0. The number of carbonyl (C=O) groups is 1. The molecule has 2 nitrogen and oxygen atoms in total. The standard InChI is InChI=1S/C12H15BrO2/c1-12(2,3)10-6-8(7-13)4-5-9(10)11(14)15/h4-6H,7H2,1-3H3,(H,14,15). The third-order valence-electron chi connectivity index (χ3n) is 2.28. The number of carboxylic acids is 1. The molecule has 0 unspecified atom stereocenters. The Bertz CT molecular complexity index is 378. The van der Waals surface area contributed by atoms with Crippen LogP contribution in [0.3, 0.4) is 0 Å². The van der Waals surface area contributed by atoms with E-state index >= 15 is 0 Å². The second kappa shape index (κ2) is 4.35. The van der Waals surface area contributed by atoms with Crippen molar-refractivity contribution < 1.29 is 9.90 Å². The lowest BCUT2D eigenvalue weighted by Crippen LogP contribution is -2.17. The molecule has 1 aromatic carbocycles. The summed E-state index contributed by atoms with van der Waals surface area (Å²) in [6.07, 6.45) is 0. The number of carboxylic acid groups (broad SMARTS) is 1. The third kappa shape index (κ3) is 2.81. The topological polar surface area (TPSA) is 37.3 Å². The van der Waals surface area contributed by atoms with E-state index < -0.39 is 5.97 Å². The molecule has 0 spiro atoms. The number of alkyl halides is 1. The van der Waals surface area contributed by atoms with E-state index in [0.29, 0.717) is 5.56 Å². The summed E-state index contributed by atoms with van der Waals surface area (Å²) in [6.45, 7) is 6.06. The summed E-state index contributed by atoms with van der Waals surface area (Å²) in [5, 5.41) is 9.83. The van der Waals surface area contributed by atoms with Gasteiger partial charge in [0.15, 0.2) is 0 Å². The monoisotopic (exact) mass is 270 g/mol. The Kier molecular flexibility index (Phi) is 3.55. The van der Waals surface area contributed by atoms with Crippen molar-refractivity contribution in [3.63, 3.8) is 0 Å². The Balaban J connectivity index is 3.36. The Morgan fingerprint density at radius 2 is 2.00 bits per heavy atom. The largest absolute Gasteiger partial charge is 0.478 e. The highest BCUT2D eigenvalue weighted by Gasteiger charge is 2.21. The maximum Gasteiger partial charge on any atom is 0.335 e. The Labute approximate surface area is 98.4 Å². The Hall–Kier alpha value is -0.830. The van der Waals surface area contributed by atoms with Crippen molar-refractivity contribution in [2.24, 2.45) is 0 Å². The van der Waals surface area contributed by atoms with Gasteiger partial charge in [0, 0.05) is 5.33 Å². The molecular formula is C12H15BrO2. The second-order valence-electron chi connectivity index (χ2n) is 4.57. The maximum atomic E-state index is 11.1. The number of halogens is 1. The van der Waals surface area contributed by atoms with Gasteiger partial charge in [0.2, 0.25) is 0 Å². The van der Waals surface area contributed by atoms with E-state index in [2.05, 4.69) is 15.9 Å². The first-order chi connectivity index (χ1) is 6.86. The maximum absolute atomic E-state index is 11.1. The van der Waals surface area contributed by atoms with Gasteiger partial charge in [0.1, 0.15) is 0 Å². The van der Waals surface area contributed by atoms with Gasteiger partial charge < -0.3 is 5.11 Å². The zero-order valence-electron chi connectivity index (χ0n) is 9.17. The molecule has 0 saturated carbocycles. The van der Waals surface area contributed by atoms with Crippen LogP contribution in [0.1, 0.15) is 42.3 Å². The Morgan fingerprint density at radius 1 is 1.40 bits per heavy atom. The molecule has 0 aromatic heterocycles. The van der Waals surface area contributed by atoms with Gasteiger partial charge in [-0.1, -0.05) is 48.8 Å². The first-order valence-corrected chi connectivity index (χ1v) is 5.91. The van der Waals surface area contributed by atoms with Crippen LogP contribution in [0.25, 0.3) is 0 Å². The highest BCUT2D eigenvalue weighted by atomic mass is 79.9. The highest BCUT2D eigenvalue weighted by Crippen LogP contribution is 2.27. The average molecular weight is 271 g/mol. The van der Waals surface area contributed by atoms with Crippen LogP contribution in [-0.4, -0.2) is 11.1 Å². The molecule has 0 fully saturated rings. The molecule has 82 valence electrons. The van der Waals surface area contributed by atoms with E-state index in [-0.39, 0.29) is 5.41 Å². The average Bonchev–Trinajstić information content (AvgIpc) is 2.15. The van der Waals surface area contributed by atoms with Crippen LogP contribution >= 0.6 is 15.9 Å². The summed E-state index contributed by atoms with van der Waals surface area (Å²) < 4.78 is 0. The number of hydrogen-bond acceptors (Lipinski definition) is 1. The lowest BCUT2D eigenvalue weighted by atomic mass is 9.83. The van der Waals surface area contributed by atoms with E-state index in [1.165, 1.54) is 0 Å². The van der Waals surface area contributed by atoms with Gasteiger partial charge in [-0.25, -0.2) is 4.79 Å². The first-order valence-electron chi connectivity index (χ1n) is 4.79. The molecule has 1 N–H and O–H groups in total. The minimum atomic E-state index is -0.860. The molecule has 0 saturated heterocycles. The summed E-state index contributed by atoms with van der Waals surface area (Å²) in [6, 6.07) is 5.48. The van der Waals surface area contributed by atoms with Crippen LogP contribution < -0.4 is 0 Å². The molecular weight excluding hydrogens is 256 g/mol. The molecule has 3 heteroatoms. The van der Waals surface area contributed by atoms with Crippen LogP contribution in [0.2, 0.25) is 0 Å². The Morgan fingerprint density at radius 3 is 2.40 bits per heavy atom. The first kappa shape index (κ1) is 12.2. The van der Waals surface area contributed by atoms with Crippen molar-refractivity contribution in [3.05, 3.63) is 34.9 Å². The summed E-state index contributed by atoms with van der Waals surface area (Å²) in [5.74, 6) is -0.860. The molecule has 15 heavy (non-hydrogen) atoms. The van der Waals surface area contributed by atoms with Gasteiger partial charge in [-0.2, -0.15) is 0 Å². The van der Waals surface area contributed by atoms with Gasteiger partial charge in [0.05, 0.1) is 5.56 Å². The van der Waals surface area contributed by atoms with Crippen molar-refractivity contribution in [1.82, 2.24) is 0 Å². The number of benzene rings is 1. The fourth-order valence-electron chi connectivity index (χ4n) is 1.48. The highest BCUT2D eigenvalue weighted by molar-refractivity contribution is 9.08. The van der Waals surface area contributed by atoms with E-state index in [1.54, 1.807) is 6.07 Å². The zero-order valence-corrected chi connectivity index (χ0v) is 10.8. The fraction of sp³-hybridized carbons (Fsp3) is 0.417. The lowest BCUT2D eigenvalue weighted by molar-refractivity contribution is 0.0694. The lowest BCUT2D eigenvalue weighted by Gasteiger charge is -2.22. The summed E-state index contributed by atoms with van der Waals surface area (Å²) in [5.41, 5.74) is 2.23. The van der Waals surface area contributed by atoms with Crippen molar-refractivity contribution in [2.45, 2.75) is 31.5 Å². The second-order valence-corrected chi connectivity index (χ2v) is 5.13. The molecule has 0 radical (unpaired) electrons. The minimum absolute atomic E-state index is 0.147. The minimum Gasteiger partial charge on any atom is -0.478 e. The molecule has 0 amide bonds. The quantitative estimate of drug-likeness (QED) is 0.835. The molecule has 0 aliphatic heterocycles. The predicted molar refractivity (Wildman–Crippen MR) is 64.7 cm³/mol. The van der Waals surface area contributed by atoms with E-state index in [1.807, 2.05) is 32.9 Å². The molecule has 0 atom stereocenters. The normalized spacial score (nSPS) is 11.5. The van der Waals surface area contributed by atoms with Crippen molar-refractivity contribution in [2.75, 3.05) is 0 Å². The summed E-state index contributed by atoms with van der Waals surface area (Å²) >= 11 is 3.37. The SMILES string of the molecule is CC(C)(C)c1cc(CBr)ccc1C(=O)O.